The Kier molecular flexibility index (Phi) is 4.56. The van der Waals surface area contributed by atoms with Gasteiger partial charge in [-0.2, -0.15) is 0 Å². The highest BCUT2D eigenvalue weighted by Crippen LogP contribution is 2.30. The second-order valence-electron chi connectivity index (χ2n) is 6.24. The molecule has 2 aromatic rings. The number of fused-ring (bicyclic) bond motifs is 1. The molecule has 4 rings (SSSR count). The number of carbonyl (C=O) groups excluding carboxylic acids is 1. The second-order valence-corrected chi connectivity index (χ2v) is 7.37. The van der Waals surface area contributed by atoms with Crippen LogP contribution in [0.15, 0.2) is 41.0 Å². The van der Waals surface area contributed by atoms with E-state index in [4.69, 9.17) is 5.73 Å². The van der Waals surface area contributed by atoms with Crippen LogP contribution in [0.5, 0.6) is 0 Å². The number of H-pyrrole nitrogens is 1. The van der Waals surface area contributed by atoms with Gasteiger partial charge in [0.1, 0.15) is 17.8 Å². The number of hydrogen-bond acceptors (Lipinski definition) is 7. The van der Waals surface area contributed by atoms with Gasteiger partial charge in [0.25, 0.3) is 5.91 Å². The quantitative estimate of drug-likeness (QED) is 0.730. The minimum Gasteiger partial charge on any atom is -0.401 e. The first kappa shape index (κ1) is 16.9. The number of aromatic amines is 1. The van der Waals surface area contributed by atoms with E-state index in [1.807, 2.05) is 23.4 Å². The average Bonchev–Trinajstić information content (AvgIpc) is 3.16. The van der Waals surface area contributed by atoms with E-state index < -0.39 is 0 Å². The maximum absolute atomic E-state index is 12.9. The van der Waals surface area contributed by atoms with Crippen LogP contribution in [0.1, 0.15) is 6.42 Å². The molecule has 0 aromatic carbocycles. The van der Waals surface area contributed by atoms with E-state index >= 15 is 0 Å². The van der Waals surface area contributed by atoms with Crippen LogP contribution in [0, 0.1) is 0 Å². The van der Waals surface area contributed by atoms with Crippen LogP contribution in [0.25, 0.3) is 11.0 Å². The van der Waals surface area contributed by atoms with E-state index in [1.54, 1.807) is 16.7 Å². The third-order valence-electron chi connectivity index (χ3n) is 4.66. The highest BCUT2D eigenvalue weighted by atomic mass is 32.2. The van der Waals surface area contributed by atoms with Crippen molar-refractivity contribution in [1.29, 1.82) is 0 Å². The van der Waals surface area contributed by atoms with Gasteiger partial charge in [0, 0.05) is 36.9 Å². The van der Waals surface area contributed by atoms with E-state index in [-0.39, 0.29) is 12.5 Å². The molecule has 0 fully saturated rings. The fourth-order valence-electron chi connectivity index (χ4n) is 3.21. The van der Waals surface area contributed by atoms with Gasteiger partial charge >= 0.3 is 0 Å². The van der Waals surface area contributed by atoms with E-state index in [1.165, 1.54) is 6.33 Å². The van der Waals surface area contributed by atoms with Gasteiger partial charge in [-0.15, -0.1) is 11.8 Å². The van der Waals surface area contributed by atoms with Crippen molar-refractivity contribution in [3.63, 3.8) is 0 Å². The maximum Gasteiger partial charge on any atom is 0.262 e. The van der Waals surface area contributed by atoms with Crippen molar-refractivity contribution in [3.8, 4) is 0 Å². The SMILES string of the molecule is NC1=C(CO)CCN(C(=O)C2=CN(c3ncnc4[nH]ccc34)CCS2)C1. The van der Waals surface area contributed by atoms with Crippen LogP contribution >= 0.6 is 11.8 Å². The van der Waals surface area contributed by atoms with Crippen molar-refractivity contribution in [1.82, 2.24) is 19.9 Å². The maximum atomic E-state index is 12.9. The van der Waals surface area contributed by atoms with Gasteiger partial charge in [-0.1, -0.05) is 0 Å². The highest BCUT2D eigenvalue weighted by molar-refractivity contribution is 8.04. The topological polar surface area (TPSA) is 111 Å². The smallest absolute Gasteiger partial charge is 0.262 e. The number of rotatable bonds is 3. The first-order valence-corrected chi connectivity index (χ1v) is 9.42. The molecule has 0 saturated carbocycles. The first-order valence-electron chi connectivity index (χ1n) is 8.43. The molecule has 8 nitrogen and oxygen atoms in total. The van der Waals surface area contributed by atoms with Crippen molar-refractivity contribution in [3.05, 3.63) is 41.0 Å². The summed E-state index contributed by atoms with van der Waals surface area (Å²) in [4.78, 5) is 29.0. The molecule has 1 amide bonds. The highest BCUT2D eigenvalue weighted by Gasteiger charge is 2.27. The summed E-state index contributed by atoms with van der Waals surface area (Å²) in [6.45, 7) is 1.67. The zero-order valence-corrected chi connectivity index (χ0v) is 15.0. The van der Waals surface area contributed by atoms with E-state index in [9.17, 15) is 9.90 Å². The number of carbonyl (C=O) groups is 1. The molecule has 0 spiro atoms. The summed E-state index contributed by atoms with van der Waals surface area (Å²) in [6, 6.07) is 1.94. The van der Waals surface area contributed by atoms with Crippen LogP contribution in [0.2, 0.25) is 0 Å². The Bertz CT molecular complexity index is 906. The molecule has 136 valence electrons. The minimum atomic E-state index is -0.0422. The molecule has 0 bridgehead atoms. The number of nitrogens with one attached hydrogen (secondary N) is 1. The largest absolute Gasteiger partial charge is 0.401 e. The monoisotopic (exact) mass is 372 g/mol. The van der Waals surface area contributed by atoms with Crippen LogP contribution in [-0.4, -0.2) is 62.9 Å². The molecule has 0 saturated heterocycles. The third-order valence-corrected chi connectivity index (χ3v) is 5.63. The molecule has 9 heteroatoms. The first-order chi connectivity index (χ1) is 12.7. The molecule has 4 N–H and O–H groups in total. The number of hydrogen-bond donors (Lipinski definition) is 3. The summed E-state index contributed by atoms with van der Waals surface area (Å²) in [5.74, 6) is 1.57. The molecule has 0 unspecified atom stereocenters. The Morgan fingerprint density at radius 1 is 1.38 bits per heavy atom. The molecule has 0 atom stereocenters. The standard InChI is InChI=1S/C17H20N6O2S/c18-13-7-23(4-2-11(13)9-24)17(25)14-8-22(5-6-26-14)16-12-1-3-19-15(12)20-10-21-16/h1,3,8,10,24H,2,4-7,9,18H2,(H,19,20,21). The van der Waals surface area contributed by atoms with Crippen molar-refractivity contribution in [2.24, 2.45) is 5.73 Å². The number of aromatic nitrogens is 3. The second kappa shape index (κ2) is 7.00. The lowest BCUT2D eigenvalue weighted by Crippen LogP contribution is -2.41. The van der Waals surface area contributed by atoms with Crippen LogP contribution < -0.4 is 10.6 Å². The van der Waals surface area contributed by atoms with Gasteiger partial charge in [0.2, 0.25) is 0 Å². The van der Waals surface area contributed by atoms with Crippen molar-refractivity contribution in [2.75, 3.05) is 36.9 Å². The van der Waals surface area contributed by atoms with Gasteiger partial charge in [-0.25, -0.2) is 9.97 Å². The number of aliphatic hydroxyl groups excluding tert-OH is 1. The molecule has 0 radical (unpaired) electrons. The van der Waals surface area contributed by atoms with Crippen LogP contribution in [0.4, 0.5) is 5.82 Å². The predicted molar refractivity (Wildman–Crippen MR) is 101 cm³/mol. The van der Waals surface area contributed by atoms with Gasteiger partial charge < -0.3 is 25.6 Å². The third kappa shape index (κ3) is 3.04. The van der Waals surface area contributed by atoms with Crippen molar-refractivity contribution in [2.45, 2.75) is 6.42 Å². The lowest BCUT2D eigenvalue weighted by atomic mass is 10.1. The van der Waals surface area contributed by atoms with E-state index in [0.29, 0.717) is 30.1 Å². The minimum absolute atomic E-state index is 0.0287. The Labute approximate surface area is 154 Å². The molecule has 4 heterocycles. The summed E-state index contributed by atoms with van der Waals surface area (Å²) < 4.78 is 0. The summed E-state index contributed by atoms with van der Waals surface area (Å²) in [5, 5.41) is 10.2. The van der Waals surface area contributed by atoms with Crippen LogP contribution in [0.3, 0.4) is 0 Å². The molecule has 0 aliphatic carbocycles. The number of nitrogens with two attached hydrogens (primary N) is 1. The Morgan fingerprint density at radius 2 is 2.27 bits per heavy atom. The summed E-state index contributed by atoms with van der Waals surface area (Å²) in [6.07, 6.45) is 5.84. The number of nitrogens with zero attached hydrogens (tertiary/aromatic N) is 4. The summed E-state index contributed by atoms with van der Waals surface area (Å²) >= 11 is 1.55. The molecular formula is C17H20N6O2S. The van der Waals surface area contributed by atoms with Crippen molar-refractivity contribution < 1.29 is 9.90 Å². The van der Waals surface area contributed by atoms with Gasteiger partial charge in [-0.3, -0.25) is 4.79 Å². The lowest BCUT2D eigenvalue weighted by molar-refractivity contribution is -0.126. The number of amides is 1. The number of thioether (sulfide) groups is 1. The normalized spacial score (nSPS) is 18.4. The fourth-order valence-corrected chi connectivity index (χ4v) is 4.17. The van der Waals surface area contributed by atoms with Crippen molar-refractivity contribution >= 4 is 34.5 Å². The summed E-state index contributed by atoms with van der Waals surface area (Å²) in [7, 11) is 0. The zero-order chi connectivity index (χ0) is 18.1. The van der Waals surface area contributed by atoms with Crippen LogP contribution in [-0.2, 0) is 4.79 Å². The Balaban J connectivity index is 1.58. The zero-order valence-electron chi connectivity index (χ0n) is 14.2. The van der Waals surface area contributed by atoms with E-state index in [2.05, 4.69) is 15.0 Å². The number of anilines is 1. The lowest BCUT2D eigenvalue weighted by Gasteiger charge is -2.31. The predicted octanol–water partition coefficient (Wildman–Crippen LogP) is 0.790. The van der Waals surface area contributed by atoms with Gasteiger partial charge in [-0.05, 0) is 18.1 Å². The summed E-state index contributed by atoms with van der Waals surface area (Å²) in [5.41, 5.74) is 8.19. The van der Waals surface area contributed by atoms with Gasteiger partial charge in [0.15, 0.2) is 0 Å². The Morgan fingerprint density at radius 3 is 3.08 bits per heavy atom. The molecule has 2 aliphatic rings. The average molecular weight is 372 g/mol. The molecule has 26 heavy (non-hydrogen) atoms. The molecular weight excluding hydrogens is 352 g/mol. The fraction of sp³-hybridized carbons (Fsp3) is 0.353. The number of aliphatic hydroxyl groups is 1. The molecule has 2 aromatic heterocycles. The van der Waals surface area contributed by atoms with Gasteiger partial charge in [0.05, 0.1) is 23.4 Å². The molecule has 2 aliphatic heterocycles. The van der Waals surface area contributed by atoms with E-state index in [0.717, 1.165) is 34.7 Å². The Hall–Kier alpha value is -2.52.